The van der Waals surface area contributed by atoms with E-state index in [0.717, 1.165) is 5.56 Å². The molecule has 1 N–H and O–H groups in total. The van der Waals surface area contributed by atoms with E-state index >= 15 is 0 Å². The van der Waals surface area contributed by atoms with Gasteiger partial charge in [0.05, 0.1) is 4.92 Å². The molecule has 0 aliphatic carbocycles. The Hall–Kier alpha value is -2.76. The normalized spacial score (nSPS) is 10.0. The number of aromatic carboxylic acids is 1. The number of carboxylic acid groups (broad SMARTS) is 1. The summed E-state index contributed by atoms with van der Waals surface area (Å²) in [5, 5.41) is 19.7. The van der Waals surface area contributed by atoms with Gasteiger partial charge in [0.15, 0.2) is 0 Å². The van der Waals surface area contributed by atoms with Gasteiger partial charge >= 0.3 is 5.97 Å². The van der Waals surface area contributed by atoms with Gasteiger partial charge in [0.25, 0.3) is 5.69 Å². The third-order valence-electron chi connectivity index (χ3n) is 2.44. The summed E-state index contributed by atoms with van der Waals surface area (Å²) in [5.41, 5.74) is 0.609. The number of carbonyl (C=O) groups is 1. The molecule has 0 atom stereocenters. The molecule has 1 aromatic heterocycles. The minimum atomic E-state index is -1.32. The lowest BCUT2D eigenvalue weighted by Crippen LogP contribution is -2.02. The predicted molar refractivity (Wildman–Crippen MR) is 63.3 cm³/mol. The van der Waals surface area contributed by atoms with Crippen molar-refractivity contribution in [1.82, 2.24) is 4.98 Å². The number of hydrogen-bond donors (Lipinski definition) is 1. The first kappa shape index (κ1) is 11.7. The van der Waals surface area contributed by atoms with E-state index in [9.17, 15) is 14.9 Å². The molecule has 0 unspecified atom stereocenters. The second-order valence-electron chi connectivity index (χ2n) is 3.53. The molecule has 0 saturated heterocycles. The van der Waals surface area contributed by atoms with Crippen molar-refractivity contribution >= 4 is 11.7 Å². The highest BCUT2D eigenvalue weighted by Gasteiger charge is 2.20. The van der Waals surface area contributed by atoms with Crippen molar-refractivity contribution in [1.29, 1.82) is 0 Å². The maximum atomic E-state index is 11.0. The van der Waals surface area contributed by atoms with E-state index in [1.54, 1.807) is 24.5 Å². The monoisotopic (exact) mass is 244 g/mol. The minimum absolute atomic E-state index is 0.325. The van der Waals surface area contributed by atoms with Crippen molar-refractivity contribution in [3.8, 4) is 11.1 Å². The van der Waals surface area contributed by atoms with Gasteiger partial charge in [-0.2, -0.15) is 0 Å². The summed E-state index contributed by atoms with van der Waals surface area (Å²) in [6.07, 6.45) is 3.13. The van der Waals surface area contributed by atoms with Gasteiger partial charge in [-0.3, -0.25) is 15.1 Å². The molecule has 6 heteroatoms. The highest BCUT2D eigenvalue weighted by atomic mass is 16.6. The zero-order valence-electron chi connectivity index (χ0n) is 9.11. The summed E-state index contributed by atoms with van der Waals surface area (Å²) in [5.74, 6) is -1.32. The number of nitro benzene ring substituents is 1. The van der Waals surface area contributed by atoms with E-state index in [4.69, 9.17) is 5.11 Å². The summed E-state index contributed by atoms with van der Waals surface area (Å²) in [7, 11) is 0. The Bertz CT molecular complexity index is 611. The number of rotatable bonds is 3. The SMILES string of the molecule is O=C(O)c1cc(-c2ccncc2)ccc1[N+](=O)[O-]. The van der Waals surface area contributed by atoms with Crippen molar-refractivity contribution in [3.63, 3.8) is 0 Å². The lowest BCUT2D eigenvalue weighted by molar-refractivity contribution is -0.385. The molecule has 6 nitrogen and oxygen atoms in total. The first-order valence-corrected chi connectivity index (χ1v) is 5.01. The summed E-state index contributed by atoms with van der Waals surface area (Å²) in [6.45, 7) is 0. The zero-order chi connectivity index (χ0) is 13.1. The number of pyridine rings is 1. The number of nitro groups is 1. The van der Waals surface area contributed by atoms with Crippen LogP contribution in [-0.2, 0) is 0 Å². The number of carboxylic acids is 1. The predicted octanol–water partition coefficient (Wildman–Crippen LogP) is 2.36. The molecule has 1 aromatic carbocycles. The largest absolute Gasteiger partial charge is 0.477 e. The van der Waals surface area contributed by atoms with Crippen molar-refractivity contribution in [2.45, 2.75) is 0 Å². The molecule has 0 fully saturated rings. The standard InChI is InChI=1S/C12H8N2O4/c15-12(16)10-7-9(1-2-11(10)14(17)18)8-3-5-13-6-4-8/h1-7H,(H,15,16). The third kappa shape index (κ3) is 2.17. The Morgan fingerprint density at radius 1 is 1.17 bits per heavy atom. The lowest BCUT2D eigenvalue weighted by atomic mass is 10.0. The van der Waals surface area contributed by atoms with Gasteiger partial charge in [0.2, 0.25) is 0 Å². The molecule has 2 rings (SSSR count). The summed E-state index contributed by atoms with van der Waals surface area (Å²) >= 11 is 0. The van der Waals surface area contributed by atoms with Gasteiger partial charge in [0, 0.05) is 18.5 Å². The van der Waals surface area contributed by atoms with Crippen LogP contribution in [0.15, 0.2) is 42.7 Å². The Balaban J connectivity index is 2.57. The third-order valence-corrected chi connectivity index (χ3v) is 2.44. The van der Waals surface area contributed by atoms with Crippen LogP contribution < -0.4 is 0 Å². The van der Waals surface area contributed by atoms with Gasteiger partial charge in [-0.1, -0.05) is 0 Å². The number of benzene rings is 1. The Morgan fingerprint density at radius 2 is 1.83 bits per heavy atom. The Morgan fingerprint density at radius 3 is 2.39 bits per heavy atom. The first-order valence-electron chi connectivity index (χ1n) is 5.01. The van der Waals surface area contributed by atoms with Crippen molar-refractivity contribution in [2.75, 3.05) is 0 Å². The smallest absolute Gasteiger partial charge is 0.342 e. The molecular weight excluding hydrogens is 236 g/mol. The van der Waals surface area contributed by atoms with E-state index in [-0.39, 0.29) is 5.56 Å². The zero-order valence-corrected chi connectivity index (χ0v) is 9.11. The average Bonchev–Trinajstić information content (AvgIpc) is 2.39. The van der Waals surface area contributed by atoms with Crippen LogP contribution >= 0.6 is 0 Å². The van der Waals surface area contributed by atoms with Gasteiger partial charge in [-0.15, -0.1) is 0 Å². The van der Waals surface area contributed by atoms with Crippen LogP contribution in [0.5, 0.6) is 0 Å². The van der Waals surface area contributed by atoms with Gasteiger partial charge in [-0.05, 0) is 35.4 Å². The Labute approximate surface area is 102 Å². The van der Waals surface area contributed by atoms with Crippen molar-refractivity contribution in [2.24, 2.45) is 0 Å². The molecule has 0 radical (unpaired) electrons. The fraction of sp³-hybridized carbons (Fsp3) is 0. The second kappa shape index (κ2) is 4.62. The molecule has 0 spiro atoms. The van der Waals surface area contributed by atoms with E-state index in [1.165, 1.54) is 18.2 Å². The van der Waals surface area contributed by atoms with Crippen molar-refractivity contribution in [3.05, 3.63) is 58.4 Å². The molecule has 18 heavy (non-hydrogen) atoms. The molecular formula is C12H8N2O4. The van der Waals surface area contributed by atoms with Crippen LogP contribution in [0.3, 0.4) is 0 Å². The van der Waals surface area contributed by atoms with E-state index in [0.29, 0.717) is 5.56 Å². The number of aromatic nitrogens is 1. The lowest BCUT2D eigenvalue weighted by Gasteiger charge is -2.03. The van der Waals surface area contributed by atoms with E-state index < -0.39 is 16.6 Å². The highest BCUT2D eigenvalue weighted by molar-refractivity contribution is 5.94. The molecule has 0 bridgehead atoms. The molecule has 0 aliphatic rings. The van der Waals surface area contributed by atoms with Gasteiger partial charge < -0.3 is 5.11 Å². The quantitative estimate of drug-likeness (QED) is 0.660. The topological polar surface area (TPSA) is 93.3 Å². The van der Waals surface area contributed by atoms with Gasteiger partial charge in [-0.25, -0.2) is 4.79 Å². The number of nitrogens with zero attached hydrogens (tertiary/aromatic N) is 2. The fourth-order valence-corrected chi connectivity index (χ4v) is 1.59. The molecule has 0 amide bonds. The number of hydrogen-bond acceptors (Lipinski definition) is 4. The van der Waals surface area contributed by atoms with E-state index in [2.05, 4.69) is 4.98 Å². The van der Waals surface area contributed by atoms with Crippen LogP contribution in [-0.4, -0.2) is 21.0 Å². The maximum Gasteiger partial charge on any atom is 0.342 e. The highest BCUT2D eigenvalue weighted by Crippen LogP contribution is 2.26. The minimum Gasteiger partial charge on any atom is -0.477 e. The molecule has 0 aliphatic heterocycles. The fourth-order valence-electron chi connectivity index (χ4n) is 1.59. The van der Waals surface area contributed by atoms with Crippen LogP contribution in [0.2, 0.25) is 0 Å². The Kier molecular flexibility index (Phi) is 3.01. The molecule has 1 heterocycles. The summed E-state index contributed by atoms with van der Waals surface area (Å²) in [6, 6.07) is 7.40. The van der Waals surface area contributed by atoms with Gasteiger partial charge in [0.1, 0.15) is 5.56 Å². The summed E-state index contributed by atoms with van der Waals surface area (Å²) < 4.78 is 0. The van der Waals surface area contributed by atoms with Crippen LogP contribution in [0.1, 0.15) is 10.4 Å². The molecule has 0 saturated carbocycles. The molecule has 2 aromatic rings. The maximum absolute atomic E-state index is 11.0. The van der Waals surface area contributed by atoms with E-state index in [1.807, 2.05) is 0 Å². The summed E-state index contributed by atoms with van der Waals surface area (Å²) in [4.78, 5) is 24.8. The first-order chi connectivity index (χ1) is 8.59. The second-order valence-corrected chi connectivity index (χ2v) is 3.53. The van der Waals surface area contributed by atoms with Crippen LogP contribution in [0.4, 0.5) is 5.69 Å². The van der Waals surface area contributed by atoms with Crippen LogP contribution in [0, 0.1) is 10.1 Å². The molecule has 90 valence electrons. The van der Waals surface area contributed by atoms with Crippen molar-refractivity contribution < 1.29 is 14.8 Å². The van der Waals surface area contributed by atoms with Crippen LogP contribution in [0.25, 0.3) is 11.1 Å². The average molecular weight is 244 g/mol.